The highest BCUT2D eigenvalue weighted by molar-refractivity contribution is 7.15. The molecular weight excluding hydrogens is 344 g/mol. The molecule has 134 valence electrons. The highest BCUT2D eigenvalue weighted by Gasteiger charge is 2.28. The highest BCUT2D eigenvalue weighted by atomic mass is 32.1. The normalized spacial score (nSPS) is 11.2. The average molecular weight is 366 g/mol. The summed E-state index contributed by atoms with van der Waals surface area (Å²) in [6.45, 7) is 4.75. The molecule has 26 heavy (non-hydrogen) atoms. The van der Waals surface area contributed by atoms with Gasteiger partial charge in [0.05, 0.1) is 0 Å². The molecule has 2 aromatic carbocycles. The number of benzene rings is 2. The molecule has 0 saturated carbocycles. The van der Waals surface area contributed by atoms with Gasteiger partial charge in [-0.05, 0) is 25.0 Å². The number of nitrogens with zero attached hydrogens (tertiary/aromatic N) is 3. The predicted molar refractivity (Wildman–Crippen MR) is 105 cm³/mol. The maximum Gasteiger partial charge on any atom is 0.323 e. The maximum atomic E-state index is 12.4. The summed E-state index contributed by atoms with van der Waals surface area (Å²) in [4.78, 5) is 14.0. The molecule has 3 rings (SSSR count). The molecule has 0 radical (unpaired) electrons. The van der Waals surface area contributed by atoms with Crippen molar-refractivity contribution in [3.63, 3.8) is 0 Å². The van der Waals surface area contributed by atoms with E-state index in [-0.39, 0.29) is 11.4 Å². The fraction of sp³-hybridized carbons (Fsp3) is 0.250. The largest absolute Gasteiger partial charge is 0.323 e. The number of nitrogens with one attached hydrogen (secondary N) is 1. The first-order valence-electron chi connectivity index (χ1n) is 8.42. The lowest BCUT2D eigenvalue weighted by Gasteiger charge is -2.21. The Hall–Kier alpha value is -2.73. The van der Waals surface area contributed by atoms with Crippen molar-refractivity contribution in [1.82, 2.24) is 15.1 Å². The zero-order valence-corrected chi connectivity index (χ0v) is 16.0. The van der Waals surface area contributed by atoms with Gasteiger partial charge in [-0.25, -0.2) is 4.79 Å². The summed E-state index contributed by atoms with van der Waals surface area (Å²) in [5.74, 6) is 0. The number of rotatable bonds is 5. The van der Waals surface area contributed by atoms with E-state index >= 15 is 0 Å². The molecule has 6 heteroatoms. The van der Waals surface area contributed by atoms with E-state index in [2.05, 4.69) is 41.5 Å². The standard InChI is InChI=1S/C20H22N4OS/c1-20(2,16-12-8-5-9-13-16)17-22-23-18(26-17)21-19(25)24(3)14-15-10-6-4-7-11-15/h4-13H,14H2,1-3H3,(H,21,23,25). The molecule has 0 saturated heterocycles. The Kier molecular flexibility index (Phi) is 5.32. The minimum absolute atomic E-state index is 0.200. The van der Waals surface area contributed by atoms with Crippen molar-refractivity contribution < 1.29 is 4.79 Å². The number of hydrogen-bond acceptors (Lipinski definition) is 4. The van der Waals surface area contributed by atoms with Crippen molar-refractivity contribution in [3.8, 4) is 0 Å². The summed E-state index contributed by atoms with van der Waals surface area (Å²) in [5, 5.41) is 12.7. The van der Waals surface area contributed by atoms with Gasteiger partial charge in [-0.1, -0.05) is 72.0 Å². The zero-order chi connectivity index (χ0) is 18.6. The van der Waals surface area contributed by atoms with E-state index in [4.69, 9.17) is 0 Å². The molecule has 1 N–H and O–H groups in total. The van der Waals surface area contributed by atoms with Crippen LogP contribution >= 0.6 is 11.3 Å². The number of aromatic nitrogens is 2. The SMILES string of the molecule is CN(Cc1ccccc1)C(=O)Nc1nnc(C(C)(C)c2ccccc2)s1. The number of amides is 2. The first-order chi connectivity index (χ1) is 12.5. The topological polar surface area (TPSA) is 58.1 Å². The fourth-order valence-corrected chi connectivity index (χ4v) is 3.48. The molecule has 0 aliphatic carbocycles. The van der Waals surface area contributed by atoms with Crippen LogP contribution in [0, 0.1) is 0 Å². The van der Waals surface area contributed by atoms with Crippen LogP contribution in [0.3, 0.4) is 0 Å². The van der Waals surface area contributed by atoms with Gasteiger partial charge in [0.15, 0.2) is 0 Å². The van der Waals surface area contributed by atoms with E-state index in [1.54, 1.807) is 11.9 Å². The fourth-order valence-electron chi connectivity index (χ4n) is 2.62. The van der Waals surface area contributed by atoms with Crippen LogP contribution in [-0.4, -0.2) is 28.2 Å². The monoisotopic (exact) mass is 366 g/mol. The Morgan fingerprint density at radius 3 is 2.31 bits per heavy atom. The molecule has 0 fully saturated rings. The molecule has 0 aliphatic rings. The van der Waals surface area contributed by atoms with Crippen molar-refractivity contribution in [1.29, 1.82) is 0 Å². The zero-order valence-electron chi connectivity index (χ0n) is 15.1. The predicted octanol–water partition coefficient (Wildman–Crippen LogP) is 4.53. The van der Waals surface area contributed by atoms with Crippen molar-refractivity contribution in [2.75, 3.05) is 12.4 Å². The van der Waals surface area contributed by atoms with E-state index in [0.29, 0.717) is 11.7 Å². The van der Waals surface area contributed by atoms with E-state index in [0.717, 1.165) is 16.1 Å². The van der Waals surface area contributed by atoms with Gasteiger partial charge < -0.3 is 4.90 Å². The quantitative estimate of drug-likeness (QED) is 0.722. The lowest BCUT2D eigenvalue weighted by atomic mass is 9.85. The molecule has 0 spiro atoms. The van der Waals surface area contributed by atoms with Crippen LogP contribution in [0.5, 0.6) is 0 Å². The van der Waals surface area contributed by atoms with Crippen LogP contribution in [0.1, 0.15) is 30.0 Å². The third kappa shape index (κ3) is 4.08. The minimum Gasteiger partial charge on any atom is -0.323 e. The molecule has 1 heterocycles. The van der Waals surface area contributed by atoms with Gasteiger partial charge in [-0.3, -0.25) is 5.32 Å². The van der Waals surface area contributed by atoms with Gasteiger partial charge in [0.1, 0.15) is 5.01 Å². The maximum absolute atomic E-state index is 12.4. The Morgan fingerprint density at radius 2 is 1.65 bits per heavy atom. The number of carbonyl (C=O) groups excluding carboxylic acids is 1. The number of urea groups is 1. The van der Waals surface area contributed by atoms with Crippen molar-refractivity contribution in [3.05, 3.63) is 76.8 Å². The van der Waals surface area contributed by atoms with Crippen molar-refractivity contribution in [2.24, 2.45) is 0 Å². The molecule has 0 bridgehead atoms. The summed E-state index contributed by atoms with van der Waals surface area (Å²) in [7, 11) is 1.76. The van der Waals surface area contributed by atoms with Crippen LogP contribution in [0.25, 0.3) is 0 Å². The Balaban J connectivity index is 1.67. The molecule has 0 atom stereocenters. The lowest BCUT2D eigenvalue weighted by molar-refractivity contribution is 0.220. The van der Waals surface area contributed by atoms with E-state index < -0.39 is 0 Å². The van der Waals surface area contributed by atoms with Crippen molar-refractivity contribution in [2.45, 2.75) is 25.8 Å². The average Bonchev–Trinajstić information content (AvgIpc) is 3.12. The number of carbonyl (C=O) groups is 1. The number of anilines is 1. The molecular formula is C20H22N4OS. The molecule has 1 aromatic heterocycles. The third-order valence-electron chi connectivity index (χ3n) is 4.28. The smallest absolute Gasteiger partial charge is 0.323 e. The van der Waals surface area contributed by atoms with Gasteiger partial charge in [-0.2, -0.15) is 0 Å². The van der Waals surface area contributed by atoms with Gasteiger partial charge >= 0.3 is 6.03 Å². The van der Waals surface area contributed by atoms with Crippen LogP contribution < -0.4 is 5.32 Å². The molecule has 2 amide bonds. The van der Waals surface area contributed by atoms with Crippen LogP contribution in [0.2, 0.25) is 0 Å². The first kappa shape index (κ1) is 18.1. The van der Waals surface area contributed by atoms with E-state index in [9.17, 15) is 4.79 Å². The first-order valence-corrected chi connectivity index (χ1v) is 9.24. The van der Waals surface area contributed by atoms with Gasteiger partial charge in [0, 0.05) is 19.0 Å². The second kappa shape index (κ2) is 7.66. The van der Waals surface area contributed by atoms with Crippen molar-refractivity contribution >= 4 is 22.5 Å². The second-order valence-corrected chi connectivity index (χ2v) is 7.65. The molecule has 0 aliphatic heterocycles. The molecule has 0 unspecified atom stereocenters. The Bertz CT molecular complexity index is 862. The summed E-state index contributed by atoms with van der Waals surface area (Å²) in [6, 6.07) is 19.8. The minimum atomic E-state index is -0.266. The molecule has 5 nitrogen and oxygen atoms in total. The van der Waals surface area contributed by atoms with Crippen LogP contribution in [0.4, 0.5) is 9.93 Å². The van der Waals surface area contributed by atoms with Crippen LogP contribution in [-0.2, 0) is 12.0 Å². The highest BCUT2D eigenvalue weighted by Crippen LogP contribution is 2.34. The Morgan fingerprint density at radius 1 is 1.04 bits per heavy atom. The third-order valence-corrected chi connectivity index (χ3v) is 5.44. The van der Waals surface area contributed by atoms with E-state index in [1.807, 2.05) is 48.5 Å². The summed E-state index contributed by atoms with van der Waals surface area (Å²) < 4.78 is 0. The second-order valence-electron chi connectivity index (χ2n) is 6.68. The van der Waals surface area contributed by atoms with Gasteiger partial charge in [0.25, 0.3) is 0 Å². The van der Waals surface area contributed by atoms with Gasteiger partial charge in [0.2, 0.25) is 5.13 Å². The summed E-state index contributed by atoms with van der Waals surface area (Å²) in [6.07, 6.45) is 0. The van der Waals surface area contributed by atoms with E-state index in [1.165, 1.54) is 11.3 Å². The lowest BCUT2D eigenvalue weighted by Crippen LogP contribution is -2.30. The Labute approximate surface area is 157 Å². The van der Waals surface area contributed by atoms with Crippen LogP contribution in [0.15, 0.2) is 60.7 Å². The van der Waals surface area contributed by atoms with Gasteiger partial charge in [-0.15, -0.1) is 10.2 Å². The number of hydrogen-bond donors (Lipinski definition) is 1. The molecule has 3 aromatic rings. The summed E-state index contributed by atoms with van der Waals surface area (Å²) >= 11 is 1.41. The summed E-state index contributed by atoms with van der Waals surface area (Å²) in [5.41, 5.74) is 1.97.